The predicted octanol–water partition coefficient (Wildman–Crippen LogP) is 2.99. The van der Waals surface area contributed by atoms with E-state index in [4.69, 9.17) is 0 Å². The minimum absolute atomic E-state index is 0.0444. The van der Waals surface area contributed by atoms with Crippen molar-refractivity contribution >= 4 is 17.2 Å². The molecule has 17 heavy (non-hydrogen) atoms. The highest BCUT2D eigenvalue weighted by Gasteiger charge is 2.12. The van der Waals surface area contributed by atoms with E-state index < -0.39 is 4.92 Å². The van der Waals surface area contributed by atoms with Gasteiger partial charge in [0.05, 0.1) is 4.92 Å². The number of nitro groups is 1. The Balaban J connectivity index is 3.14. The van der Waals surface area contributed by atoms with Gasteiger partial charge in [-0.05, 0) is 12.5 Å². The maximum absolute atomic E-state index is 10.9. The van der Waals surface area contributed by atoms with E-state index in [1.165, 1.54) is 6.07 Å². The SMILES string of the molecule is CCCC(=Nc1ccccc1[N+](=O)[O-])N(C)C. The fraction of sp³-hybridized carbons (Fsp3) is 0.417. The molecule has 0 aliphatic heterocycles. The molecule has 0 saturated heterocycles. The van der Waals surface area contributed by atoms with E-state index >= 15 is 0 Å². The standard InChI is InChI=1S/C12H17N3O2/c1-4-7-12(14(2)3)13-10-8-5-6-9-11(10)15(16)17/h5-6,8-9H,4,7H2,1-3H3. The Bertz CT molecular complexity index is 428. The Morgan fingerprint density at radius 1 is 1.41 bits per heavy atom. The molecule has 0 bridgehead atoms. The van der Waals surface area contributed by atoms with E-state index in [0.29, 0.717) is 5.69 Å². The minimum Gasteiger partial charge on any atom is -0.366 e. The summed E-state index contributed by atoms with van der Waals surface area (Å²) in [6.45, 7) is 2.05. The van der Waals surface area contributed by atoms with Crippen LogP contribution in [0, 0.1) is 10.1 Å². The molecule has 5 heteroatoms. The highest BCUT2D eigenvalue weighted by Crippen LogP contribution is 2.26. The van der Waals surface area contributed by atoms with E-state index in [1.54, 1.807) is 18.2 Å². The smallest absolute Gasteiger partial charge is 0.294 e. The van der Waals surface area contributed by atoms with Gasteiger partial charge >= 0.3 is 0 Å². The molecule has 0 unspecified atom stereocenters. The Morgan fingerprint density at radius 3 is 2.59 bits per heavy atom. The number of nitrogens with zero attached hydrogens (tertiary/aromatic N) is 3. The lowest BCUT2D eigenvalue weighted by Gasteiger charge is -2.14. The number of hydrogen-bond donors (Lipinski definition) is 0. The quantitative estimate of drug-likeness (QED) is 0.349. The van der Waals surface area contributed by atoms with Gasteiger partial charge in [-0.2, -0.15) is 0 Å². The molecular weight excluding hydrogens is 218 g/mol. The highest BCUT2D eigenvalue weighted by atomic mass is 16.6. The zero-order valence-electron chi connectivity index (χ0n) is 10.4. The lowest BCUT2D eigenvalue weighted by Crippen LogP contribution is -2.21. The topological polar surface area (TPSA) is 58.7 Å². The molecule has 5 nitrogen and oxygen atoms in total. The van der Waals surface area contributed by atoms with Crippen LogP contribution in [0.1, 0.15) is 19.8 Å². The van der Waals surface area contributed by atoms with E-state index in [2.05, 4.69) is 11.9 Å². The van der Waals surface area contributed by atoms with Gasteiger partial charge in [0.1, 0.15) is 11.5 Å². The predicted molar refractivity (Wildman–Crippen MR) is 68.8 cm³/mol. The Morgan fingerprint density at radius 2 is 2.06 bits per heavy atom. The van der Waals surface area contributed by atoms with Gasteiger partial charge < -0.3 is 4.90 Å². The largest absolute Gasteiger partial charge is 0.366 e. The molecule has 0 aliphatic carbocycles. The summed E-state index contributed by atoms with van der Waals surface area (Å²) in [5.41, 5.74) is 0.456. The van der Waals surface area contributed by atoms with Crippen molar-refractivity contribution in [3.63, 3.8) is 0 Å². The Kier molecular flexibility index (Phi) is 4.63. The fourth-order valence-electron chi connectivity index (χ4n) is 1.46. The van der Waals surface area contributed by atoms with Crippen LogP contribution in [0.15, 0.2) is 29.3 Å². The molecule has 0 spiro atoms. The maximum atomic E-state index is 10.9. The van der Waals surface area contributed by atoms with Gasteiger partial charge in [0.15, 0.2) is 0 Å². The van der Waals surface area contributed by atoms with E-state index in [1.807, 2.05) is 19.0 Å². The first-order chi connectivity index (χ1) is 8.06. The molecule has 0 N–H and O–H groups in total. The number of amidine groups is 1. The van der Waals surface area contributed by atoms with Crippen LogP contribution in [-0.4, -0.2) is 29.8 Å². The minimum atomic E-state index is -0.405. The van der Waals surface area contributed by atoms with Crippen LogP contribution in [0.4, 0.5) is 11.4 Å². The first-order valence-corrected chi connectivity index (χ1v) is 5.54. The second-order valence-electron chi connectivity index (χ2n) is 3.92. The Hall–Kier alpha value is -1.91. The summed E-state index contributed by atoms with van der Waals surface area (Å²) in [5.74, 6) is 0.849. The molecule has 1 rings (SSSR count). The molecule has 0 heterocycles. The lowest BCUT2D eigenvalue weighted by molar-refractivity contribution is -0.384. The lowest BCUT2D eigenvalue weighted by atomic mass is 10.2. The summed E-state index contributed by atoms with van der Waals surface area (Å²) >= 11 is 0. The second-order valence-corrected chi connectivity index (χ2v) is 3.92. The number of nitro benzene ring substituents is 1. The van der Waals surface area contributed by atoms with Crippen LogP contribution in [-0.2, 0) is 0 Å². The molecule has 0 aliphatic rings. The molecule has 0 fully saturated rings. The van der Waals surface area contributed by atoms with Gasteiger partial charge in [-0.25, -0.2) is 4.99 Å². The van der Waals surface area contributed by atoms with Crippen LogP contribution in [0.2, 0.25) is 0 Å². The van der Waals surface area contributed by atoms with Crippen molar-refractivity contribution in [3.8, 4) is 0 Å². The van der Waals surface area contributed by atoms with E-state index in [-0.39, 0.29) is 5.69 Å². The molecule has 1 aromatic carbocycles. The average Bonchev–Trinajstić information content (AvgIpc) is 2.28. The summed E-state index contributed by atoms with van der Waals surface area (Å²) in [4.78, 5) is 16.7. The zero-order valence-corrected chi connectivity index (χ0v) is 10.4. The summed E-state index contributed by atoms with van der Waals surface area (Å²) in [7, 11) is 3.78. The number of para-hydroxylation sites is 2. The third kappa shape index (κ3) is 3.55. The van der Waals surface area contributed by atoms with E-state index in [0.717, 1.165) is 18.7 Å². The van der Waals surface area contributed by atoms with Crippen molar-refractivity contribution in [2.75, 3.05) is 14.1 Å². The summed E-state index contributed by atoms with van der Waals surface area (Å²) in [6.07, 6.45) is 1.76. The summed E-state index contributed by atoms with van der Waals surface area (Å²) < 4.78 is 0. The molecule has 0 radical (unpaired) electrons. The van der Waals surface area contributed by atoms with Crippen LogP contribution in [0.3, 0.4) is 0 Å². The van der Waals surface area contributed by atoms with Crippen LogP contribution in [0.25, 0.3) is 0 Å². The van der Waals surface area contributed by atoms with Crippen molar-refractivity contribution in [2.45, 2.75) is 19.8 Å². The van der Waals surface area contributed by atoms with Crippen LogP contribution < -0.4 is 0 Å². The molecule has 0 saturated carbocycles. The monoisotopic (exact) mass is 235 g/mol. The zero-order chi connectivity index (χ0) is 12.8. The summed E-state index contributed by atoms with van der Waals surface area (Å²) in [5, 5.41) is 10.9. The summed E-state index contributed by atoms with van der Waals surface area (Å²) in [6, 6.07) is 6.53. The molecule has 92 valence electrons. The molecule has 0 atom stereocenters. The van der Waals surface area contributed by atoms with Gasteiger partial charge in [-0.1, -0.05) is 19.1 Å². The van der Waals surface area contributed by atoms with Crippen molar-refractivity contribution in [1.29, 1.82) is 0 Å². The highest BCUT2D eigenvalue weighted by molar-refractivity contribution is 5.85. The normalized spacial score (nSPS) is 11.4. The third-order valence-corrected chi connectivity index (χ3v) is 2.32. The molecule has 1 aromatic rings. The Labute approximate surface area is 101 Å². The fourth-order valence-corrected chi connectivity index (χ4v) is 1.46. The van der Waals surface area contributed by atoms with Crippen molar-refractivity contribution < 1.29 is 4.92 Å². The average molecular weight is 235 g/mol. The van der Waals surface area contributed by atoms with E-state index in [9.17, 15) is 10.1 Å². The van der Waals surface area contributed by atoms with Gasteiger partial charge in [0, 0.05) is 26.6 Å². The molecule has 0 amide bonds. The second kappa shape index (κ2) is 5.98. The number of aliphatic imine (C=N–C) groups is 1. The number of benzene rings is 1. The molecular formula is C12H17N3O2. The van der Waals surface area contributed by atoms with Gasteiger partial charge in [-0.15, -0.1) is 0 Å². The van der Waals surface area contributed by atoms with Crippen molar-refractivity contribution in [1.82, 2.24) is 4.90 Å². The van der Waals surface area contributed by atoms with Gasteiger partial charge in [0.25, 0.3) is 5.69 Å². The number of hydrogen-bond acceptors (Lipinski definition) is 3. The first-order valence-electron chi connectivity index (χ1n) is 5.54. The van der Waals surface area contributed by atoms with Crippen molar-refractivity contribution in [3.05, 3.63) is 34.4 Å². The third-order valence-electron chi connectivity index (χ3n) is 2.32. The van der Waals surface area contributed by atoms with Crippen LogP contribution >= 0.6 is 0 Å². The van der Waals surface area contributed by atoms with Crippen LogP contribution in [0.5, 0.6) is 0 Å². The van der Waals surface area contributed by atoms with Crippen molar-refractivity contribution in [2.24, 2.45) is 4.99 Å². The first kappa shape index (κ1) is 13.2. The maximum Gasteiger partial charge on any atom is 0.294 e. The number of rotatable bonds is 4. The van der Waals surface area contributed by atoms with Gasteiger partial charge in [0.2, 0.25) is 0 Å². The molecule has 0 aromatic heterocycles. The van der Waals surface area contributed by atoms with Gasteiger partial charge in [-0.3, -0.25) is 10.1 Å².